The highest BCUT2D eigenvalue weighted by Gasteiger charge is 2.22. The van der Waals surface area contributed by atoms with Crippen LogP contribution in [0.2, 0.25) is 0 Å². The fraction of sp³-hybridized carbons (Fsp3) is 0.278. The normalized spacial score (nSPS) is 12.9. The predicted octanol–water partition coefficient (Wildman–Crippen LogP) is 2.66. The summed E-state index contributed by atoms with van der Waals surface area (Å²) in [6, 6.07) is 9.30. The van der Waals surface area contributed by atoms with Crippen LogP contribution in [0.5, 0.6) is 11.5 Å². The molecule has 0 amide bonds. The topological polar surface area (TPSA) is 86.6 Å². The lowest BCUT2D eigenvalue weighted by Gasteiger charge is -2.18. The molecule has 7 nitrogen and oxygen atoms in total. The second kappa shape index (κ2) is 7.34. The van der Waals surface area contributed by atoms with Crippen molar-refractivity contribution in [3.8, 4) is 11.5 Å². The van der Waals surface area contributed by atoms with Crippen LogP contribution in [0, 0.1) is 0 Å². The number of nitrogens with one attached hydrogen (secondary N) is 1. The highest BCUT2D eigenvalue weighted by molar-refractivity contribution is 7.89. The number of thiazole rings is 1. The Morgan fingerprint density at radius 1 is 1.11 bits per heavy atom. The standard InChI is InChI=1S/C18H20N2O5S2/c1-11(14-9-12(24-3)5-8-16(14)25-4)19-27(22,23)13-6-7-15-17(10-13)26-18(21)20(15)2/h5-11,19H,1-4H3. The van der Waals surface area contributed by atoms with E-state index in [0.29, 0.717) is 27.3 Å². The largest absolute Gasteiger partial charge is 0.497 e. The maximum absolute atomic E-state index is 12.8. The van der Waals surface area contributed by atoms with E-state index in [0.717, 1.165) is 11.3 Å². The van der Waals surface area contributed by atoms with Gasteiger partial charge in [-0.1, -0.05) is 11.3 Å². The van der Waals surface area contributed by atoms with Crippen molar-refractivity contribution in [2.75, 3.05) is 14.2 Å². The summed E-state index contributed by atoms with van der Waals surface area (Å²) in [4.78, 5) is 11.7. The van der Waals surface area contributed by atoms with E-state index in [-0.39, 0.29) is 9.77 Å². The Morgan fingerprint density at radius 3 is 2.52 bits per heavy atom. The van der Waals surface area contributed by atoms with Gasteiger partial charge in [0.1, 0.15) is 11.5 Å². The molecule has 0 spiro atoms. The summed E-state index contributed by atoms with van der Waals surface area (Å²) in [7, 11) is 0.927. The first kappa shape index (κ1) is 19.4. The van der Waals surface area contributed by atoms with Crippen molar-refractivity contribution in [1.29, 1.82) is 0 Å². The Hall–Kier alpha value is -2.36. The molecule has 0 radical (unpaired) electrons. The van der Waals surface area contributed by atoms with Gasteiger partial charge in [0.2, 0.25) is 10.0 Å². The van der Waals surface area contributed by atoms with Gasteiger partial charge in [-0.3, -0.25) is 4.79 Å². The maximum Gasteiger partial charge on any atom is 0.307 e. The Balaban J connectivity index is 1.95. The van der Waals surface area contributed by atoms with E-state index < -0.39 is 16.1 Å². The number of hydrogen-bond acceptors (Lipinski definition) is 6. The number of hydrogen-bond donors (Lipinski definition) is 1. The average molecular weight is 409 g/mol. The zero-order valence-electron chi connectivity index (χ0n) is 15.3. The molecule has 27 heavy (non-hydrogen) atoms. The second-order valence-corrected chi connectivity index (χ2v) is 8.71. The quantitative estimate of drug-likeness (QED) is 0.678. The minimum absolute atomic E-state index is 0.102. The molecular formula is C18H20N2O5S2. The van der Waals surface area contributed by atoms with Crippen LogP contribution < -0.4 is 19.1 Å². The number of nitrogens with zero attached hydrogens (tertiary/aromatic N) is 1. The smallest absolute Gasteiger partial charge is 0.307 e. The Bertz CT molecular complexity index is 1150. The maximum atomic E-state index is 12.8. The minimum Gasteiger partial charge on any atom is -0.497 e. The van der Waals surface area contributed by atoms with Gasteiger partial charge in [0.05, 0.1) is 29.3 Å². The number of ether oxygens (including phenoxy) is 2. The predicted molar refractivity (Wildman–Crippen MR) is 105 cm³/mol. The molecule has 1 atom stereocenters. The Morgan fingerprint density at radius 2 is 1.85 bits per heavy atom. The first-order valence-corrected chi connectivity index (χ1v) is 10.4. The van der Waals surface area contributed by atoms with Crippen LogP contribution in [-0.4, -0.2) is 27.2 Å². The molecule has 1 heterocycles. The summed E-state index contributed by atoms with van der Waals surface area (Å²) in [6.07, 6.45) is 0. The molecule has 1 N–H and O–H groups in total. The zero-order chi connectivity index (χ0) is 19.8. The number of sulfonamides is 1. The van der Waals surface area contributed by atoms with Gasteiger partial charge in [-0.25, -0.2) is 13.1 Å². The van der Waals surface area contributed by atoms with Crippen molar-refractivity contribution in [2.24, 2.45) is 7.05 Å². The second-order valence-electron chi connectivity index (χ2n) is 6.01. The number of aromatic nitrogens is 1. The Kier molecular flexibility index (Phi) is 5.27. The van der Waals surface area contributed by atoms with Gasteiger partial charge < -0.3 is 14.0 Å². The van der Waals surface area contributed by atoms with Crippen LogP contribution in [0.15, 0.2) is 46.1 Å². The molecule has 1 unspecified atom stereocenters. The third-order valence-corrected chi connectivity index (χ3v) is 6.84. The van der Waals surface area contributed by atoms with Gasteiger partial charge in [-0.05, 0) is 43.3 Å². The first-order chi connectivity index (χ1) is 12.8. The van der Waals surface area contributed by atoms with Gasteiger partial charge >= 0.3 is 4.87 Å². The van der Waals surface area contributed by atoms with Crippen LogP contribution in [0.4, 0.5) is 0 Å². The lowest BCUT2D eigenvalue weighted by molar-refractivity contribution is 0.395. The van der Waals surface area contributed by atoms with Crippen LogP contribution in [0.3, 0.4) is 0 Å². The molecule has 2 aromatic carbocycles. The fourth-order valence-electron chi connectivity index (χ4n) is 2.82. The van der Waals surface area contributed by atoms with E-state index >= 15 is 0 Å². The van der Waals surface area contributed by atoms with Crippen LogP contribution in [0.1, 0.15) is 18.5 Å². The third-order valence-electron chi connectivity index (χ3n) is 4.31. The molecular weight excluding hydrogens is 388 g/mol. The van der Waals surface area contributed by atoms with Gasteiger partial charge in [-0.2, -0.15) is 0 Å². The molecule has 0 fully saturated rings. The number of methoxy groups -OCH3 is 2. The molecule has 0 bridgehead atoms. The highest BCUT2D eigenvalue weighted by Crippen LogP contribution is 2.30. The van der Waals surface area contributed by atoms with Crippen molar-refractivity contribution in [1.82, 2.24) is 9.29 Å². The van der Waals surface area contributed by atoms with Crippen LogP contribution in [0.25, 0.3) is 10.2 Å². The summed E-state index contributed by atoms with van der Waals surface area (Å²) in [5.41, 5.74) is 1.36. The lowest BCUT2D eigenvalue weighted by atomic mass is 10.1. The summed E-state index contributed by atoms with van der Waals surface area (Å²) < 4.78 is 41.0. The van der Waals surface area contributed by atoms with E-state index in [2.05, 4.69) is 4.72 Å². The summed E-state index contributed by atoms with van der Waals surface area (Å²) >= 11 is 1.01. The third kappa shape index (κ3) is 3.71. The van der Waals surface area contributed by atoms with Crippen LogP contribution >= 0.6 is 11.3 Å². The first-order valence-electron chi connectivity index (χ1n) is 8.10. The monoisotopic (exact) mass is 408 g/mol. The van der Waals surface area contributed by atoms with E-state index in [9.17, 15) is 13.2 Å². The molecule has 9 heteroatoms. The van der Waals surface area contributed by atoms with Gasteiger partial charge in [0, 0.05) is 18.7 Å². The lowest BCUT2D eigenvalue weighted by Crippen LogP contribution is -2.27. The molecule has 144 valence electrons. The molecule has 0 saturated heterocycles. The molecule has 0 aliphatic carbocycles. The Labute approximate surface area is 161 Å². The molecule has 0 saturated carbocycles. The molecule has 0 aliphatic rings. The van der Waals surface area contributed by atoms with Crippen molar-refractivity contribution in [2.45, 2.75) is 17.9 Å². The van der Waals surface area contributed by atoms with Crippen molar-refractivity contribution >= 4 is 31.6 Å². The highest BCUT2D eigenvalue weighted by atomic mass is 32.2. The zero-order valence-corrected chi connectivity index (χ0v) is 17.0. The van der Waals surface area contributed by atoms with Crippen molar-refractivity contribution in [3.05, 3.63) is 51.6 Å². The van der Waals surface area contributed by atoms with E-state index in [4.69, 9.17) is 9.47 Å². The summed E-state index contributed by atoms with van der Waals surface area (Å²) in [6.45, 7) is 1.73. The molecule has 3 rings (SSSR count). The van der Waals surface area contributed by atoms with E-state index in [1.54, 1.807) is 45.3 Å². The van der Waals surface area contributed by atoms with Crippen molar-refractivity contribution < 1.29 is 17.9 Å². The molecule has 1 aromatic heterocycles. The fourth-order valence-corrected chi connectivity index (χ4v) is 5.07. The van der Waals surface area contributed by atoms with Gasteiger partial charge in [0.15, 0.2) is 0 Å². The SMILES string of the molecule is COc1ccc(OC)c(C(C)NS(=O)(=O)c2ccc3c(c2)sc(=O)n3C)c1. The summed E-state index contributed by atoms with van der Waals surface area (Å²) in [5.74, 6) is 1.16. The average Bonchev–Trinajstić information content (AvgIpc) is 2.94. The summed E-state index contributed by atoms with van der Waals surface area (Å²) in [5, 5.41) is 0. The molecule has 3 aromatic rings. The number of aryl methyl sites for hydroxylation is 1. The van der Waals surface area contributed by atoms with E-state index in [1.165, 1.54) is 23.8 Å². The minimum atomic E-state index is -3.80. The number of benzene rings is 2. The van der Waals surface area contributed by atoms with Gasteiger partial charge in [-0.15, -0.1) is 0 Å². The van der Waals surface area contributed by atoms with E-state index in [1.807, 2.05) is 0 Å². The molecule has 0 aliphatic heterocycles. The number of fused-ring (bicyclic) bond motifs is 1. The van der Waals surface area contributed by atoms with Crippen molar-refractivity contribution in [3.63, 3.8) is 0 Å². The number of rotatable bonds is 6. The van der Waals surface area contributed by atoms with Crippen LogP contribution in [-0.2, 0) is 17.1 Å². The van der Waals surface area contributed by atoms with Gasteiger partial charge in [0.25, 0.3) is 0 Å².